The Labute approximate surface area is 134 Å². The summed E-state index contributed by atoms with van der Waals surface area (Å²) in [5, 5.41) is 3.01. The molecule has 1 amide bonds. The van der Waals surface area contributed by atoms with E-state index in [1.807, 2.05) is 0 Å². The van der Waals surface area contributed by atoms with Crippen LogP contribution in [0.1, 0.15) is 0 Å². The Morgan fingerprint density at radius 3 is 2.76 bits per heavy atom. The van der Waals surface area contributed by atoms with E-state index in [1.54, 1.807) is 24.3 Å². The lowest BCUT2D eigenvalue weighted by Crippen LogP contribution is -2.20. The lowest BCUT2D eigenvalue weighted by atomic mass is 10.3. The quantitative estimate of drug-likeness (QED) is 0.800. The van der Waals surface area contributed by atoms with E-state index in [0.29, 0.717) is 20.9 Å². The van der Waals surface area contributed by atoms with Crippen molar-refractivity contribution in [3.63, 3.8) is 0 Å². The number of rotatable bonds is 4. The average molecular weight is 374 g/mol. The fraction of sp³-hybridized carbons (Fsp3) is 0.0714. The summed E-state index contributed by atoms with van der Waals surface area (Å²) in [6, 6.07) is 8.99. The van der Waals surface area contributed by atoms with Crippen LogP contribution in [0.5, 0.6) is 5.75 Å². The second-order valence-electron chi connectivity index (χ2n) is 4.15. The zero-order valence-corrected chi connectivity index (χ0v) is 13.0. The van der Waals surface area contributed by atoms with Crippen molar-refractivity contribution >= 4 is 44.8 Å². The van der Waals surface area contributed by atoms with Crippen LogP contribution in [0.2, 0.25) is 5.02 Å². The molecule has 2 aromatic carbocycles. The van der Waals surface area contributed by atoms with Gasteiger partial charge in [-0.3, -0.25) is 4.79 Å². The normalized spacial score (nSPS) is 10.2. The molecule has 2 aromatic rings. The van der Waals surface area contributed by atoms with Gasteiger partial charge in [-0.2, -0.15) is 0 Å². The van der Waals surface area contributed by atoms with Crippen LogP contribution in [-0.4, -0.2) is 12.5 Å². The summed E-state index contributed by atoms with van der Waals surface area (Å²) in [6.07, 6.45) is 0. The molecule has 0 atom stereocenters. The number of amides is 1. The highest BCUT2D eigenvalue weighted by Gasteiger charge is 2.07. The molecule has 0 aliphatic heterocycles. The smallest absolute Gasteiger partial charge is 0.262 e. The van der Waals surface area contributed by atoms with Crippen LogP contribution < -0.4 is 15.8 Å². The number of carbonyl (C=O) groups excluding carboxylic acids is 1. The molecule has 0 heterocycles. The van der Waals surface area contributed by atoms with E-state index in [9.17, 15) is 9.18 Å². The van der Waals surface area contributed by atoms with E-state index in [4.69, 9.17) is 22.1 Å². The van der Waals surface area contributed by atoms with E-state index in [1.165, 1.54) is 12.1 Å². The van der Waals surface area contributed by atoms with Crippen LogP contribution in [0.4, 0.5) is 15.8 Å². The number of halogens is 3. The van der Waals surface area contributed by atoms with Gasteiger partial charge in [0.1, 0.15) is 11.6 Å². The predicted molar refractivity (Wildman–Crippen MR) is 84.1 cm³/mol. The third-order valence-electron chi connectivity index (χ3n) is 2.54. The number of nitrogens with one attached hydrogen (secondary N) is 1. The Bertz CT molecular complexity index is 682. The molecular weight excluding hydrogens is 363 g/mol. The van der Waals surface area contributed by atoms with Gasteiger partial charge in [0.25, 0.3) is 5.91 Å². The Morgan fingerprint density at radius 2 is 2.10 bits per heavy atom. The Morgan fingerprint density at radius 1 is 1.33 bits per heavy atom. The highest BCUT2D eigenvalue weighted by molar-refractivity contribution is 9.10. The lowest BCUT2D eigenvalue weighted by Gasteiger charge is -2.09. The zero-order chi connectivity index (χ0) is 15.4. The maximum Gasteiger partial charge on any atom is 0.262 e. The van der Waals surface area contributed by atoms with E-state index in [-0.39, 0.29) is 18.3 Å². The Balaban J connectivity index is 1.92. The summed E-state index contributed by atoms with van der Waals surface area (Å²) < 4.78 is 18.8. The van der Waals surface area contributed by atoms with Crippen LogP contribution >= 0.6 is 27.5 Å². The molecule has 0 bridgehead atoms. The molecule has 7 heteroatoms. The van der Waals surface area contributed by atoms with Crippen molar-refractivity contribution in [2.75, 3.05) is 17.7 Å². The molecule has 0 aliphatic rings. The molecule has 21 heavy (non-hydrogen) atoms. The number of anilines is 2. The molecule has 0 spiro atoms. The number of ether oxygens (including phenoxy) is 1. The minimum absolute atomic E-state index is 0.246. The van der Waals surface area contributed by atoms with Gasteiger partial charge in [0.2, 0.25) is 0 Å². The van der Waals surface area contributed by atoms with Gasteiger partial charge in [0.05, 0.1) is 15.2 Å². The molecular formula is C14H11BrClFN2O2. The maximum atomic E-state index is 13.3. The van der Waals surface area contributed by atoms with Crippen molar-refractivity contribution in [3.8, 4) is 5.75 Å². The fourth-order valence-electron chi connectivity index (χ4n) is 1.53. The molecule has 3 N–H and O–H groups in total. The van der Waals surface area contributed by atoms with Crippen molar-refractivity contribution in [1.29, 1.82) is 0 Å². The van der Waals surface area contributed by atoms with Crippen LogP contribution in [0.3, 0.4) is 0 Å². The summed E-state index contributed by atoms with van der Waals surface area (Å²) in [7, 11) is 0. The fourth-order valence-corrected chi connectivity index (χ4v) is 1.90. The van der Waals surface area contributed by atoms with Crippen molar-refractivity contribution in [2.45, 2.75) is 0 Å². The van der Waals surface area contributed by atoms with Crippen molar-refractivity contribution in [2.24, 2.45) is 0 Å². The van der Waals surface area contributed by atoms with Gasteiger partial charge < -0.3 is 15.8 Å². The number of benzene rings is 2. The summed E-state index contributed by atoms with van der Waals surface area (Å²) >= 11 is 8.82. The van der Waals surface area contributed by atoms with Crippen LogP contribution in [-0.2, 0) is 4.79 Å². The van der Waals surface area contributed by atoms with Crippen LogP contribution in [0.15, 0.2) is 40.9 Å². The van der Waals surface area contributed by atoms with Gasteiger partial charge >= 0.3 is 0 Å². The number of nitrogens with two attached hydrogens (primary N) is 1. The zero-order valence-electron chi connectivity index (χ0n) is 10.7. The van der Waals surface area contributed by atoms with E-state index in [2.05, 4.69) is 21.2 Å². The summed E-state index contributed by atoms with van der Waals surface area (Å²) in [5.41, 5.74) is 6.50. The molecule has 0 saturated carbocycles. The standard InChI is InChI=1S/C14H11BrClFN2O2/c15-10-3-2-9(6-12(10)17)21-7-14(20)19-8-1-4-11(16)13(18)5-8/h1-6H,7,18H2,(H,19,20). The van der Waals surface area contributed by atoms with Gasteiger partial charge in [-0.1, -0.05) is 11.6 Å². The van der Waals surface area contributed by atoms with Crippen molar-refractivity contribution < 1.29 is 13.9 Å². The molecule has 110 valence electrons. The van der Waals surface area contributed by atoms with E-state index in [0.717, 1.165) is 0 Å². The first-order chi connectivity index (χ1) is 9.95. The number of nitrogen functional groups attached to an aromatic ring is 1. The minimum atomic E-state index is -0.460. The first-order valence-electron chi connectivity index (χ1n) is 5.88. The van der Waals surface area contributed by atoms with Gasteiger partial charge in [-0.05, 0) is 46.3 Å². The third kappa shape index (κ3) is 4.34. The molecule has 0 aliphatic carbocycles. The number of carbonyl (C=O) groups is 1. The van der Waals surface area contributed by atoms with E-state index >= 15 is 0 Å². The third-order valence-corrected chi connectivity index (χ3v) is 3.53. The first-order valence-corrected chi connectivity index (χ1v) is 7.05. The van der Waals surface area contributed by atoms with E-state index < -0.39 is 5.82 Å². The summed E-state index contributed by atoms with van der Waals surface area (Å²) in [6.45, 7) is -0.246. The highest BCUT2D eigenvalue weighted by atomic mass is 79.9. The SMILES string of the molecule is Nc1cc(NC(=O)COc2ccc(Br)c(F)c2)ccc1Cl. The van der Waals surface area contributed by atoms with Crippen LogP contribution in [0.25, 0.3) is 0 Å². The molecule has 0 aromatic heterocycles. The van der Waals surface area contributed by atoms with Crippen molar-refractivity contribution in [3.05, 3.63) is 51.7 Å². The molecule has 4 nitrogen and oxygen atoms in total. The van der Waals surface area contributed by atoms with Gasteiger partial charge in [0.15, 0.2) is 6.61 Å². The molecule has 2 rings (SSSR count). The summed E-state index contributed by atoms with van der Waals surface area (Å²) in [4.78, 5) is 11.7. The lowest BCUT2D eigenvalue weighted by molar-refractivity contribution is -0.118. The van der Waals surface area contributed by atoms with Gasteiger partial charge in [-0.15, -0.1) is 0 Å². The molecule has 0 fully saturated rings. The maximum absolute atomic E-state index is 13.3. The molecule has 0 saturated heterocycles. The Hall–Kier alpha value is -1.79. The minimum Gasteiger partial charge on any atom is -0.484 e. The van der Waals surface area contributed by atoms with Gasteiger partial charge in [0, 0.05) is 11.8 Å². The largest absolute Gasteiger partial charge is 0.484 e. The number of hydrogen-bond donors (Lipinski definition) is 2. The van der Waals surface area contributed by atoms with Gasteiger partial charge in [-0.25, -0.2) is 4.39 Å². The second kappa shape index (κ2) is 6.78. The molecule has 0 unspecified atom stereocenters. The second-order valence-corrected chi connectivity index (χ2v) is 5.41. The molecule has 0 radical (unpaired) electrons. The topological polar surface area (TPSA) is 64.3 Å². The van der Waals surface area contributed by atoms with Crippen molar-refractivity contribution in [1.82, 2.24) is 0 Å². The Kier molecular flexibility index (Phi) is 5.03. The predicted octanol–water partition coefficient (Wildman–Crippen LogP) is 3.84. The monoisotopic (exact) mass is 372 g/mol. The number of hydrogen-bond acceptors (Lipinski definition) is 3. The summed E-state index contributed by atoms with van der Waals surface area (Å²) in [5.74, 6) is -0.583. The first kappa shape index (κ1) is 15.6. The average Bonchev–Trinajstić information content (AvgIpc) is 2.44. The van der Waals surface area contributed by atoms with Crippen LogP contribution in [0, 0.1) is 5.82 Å². The highest BCUT2D eigenvalue weighted by Crippen LogP contribution is 2.23.